The average molecular weight is 163 g/mol. The summed E-state index contributed by atoms with van der Waals surface area (Å²) in [6.07, 6.45) is 2.28. The molecule has 0 aliphatic carbocycles. The van der Waals surface area contributed by atoms with Crippen molar-refractivity contribution < 1.29 is 14.3 Å². The minimum atomic E-state index is -1.17. The molecule has 0 radical (unpaired) electrons. The Morgan fingerprint density at radius 1 is 1.75 bits per heavy atom. The Bertz CT molecular complexity index is 343. The highest BCUT2D eigenvalue weighted by molar-refractivity contribution is 6.14. The number of nitriles is 1. The maximum atomic E-state index is 10.5. The van der Waals surface area contributed by atoms with Crippen molar-refractivity contribution >= 4 is 11.5 Å². The normalized spacial score (nSPS) is 10.8. The molecule has 0 fully saturated rings. The molecule has 4 nitrogen and oxygen atoms in total. The number of hydrogen-bond acceptors (Lipinski definition) is 3. The topological polar surface area (TPSA) is 74.2 Å². The van der Waals surface area contributed by atoms with E-state index >= 15 is 0 Å². The lowest BCUT2D eigenvalue weighted by Gasteiger charge is -1.92. The monoisotopic (exact) mass is 163 g/mol. The summed E-state index contributed by atoms with van der Waals surface area (Å²) in [4.78, 5) is 10.5. The van der Waals surface area contributed by atoms with Crippen LogP contribution in [0.3, 0.4) is 0 Å². The fourth-order valence-corrected chi connectivity index (χ4v) is 0.735. The van der Waals surface area contributed by atoms with E-state index in [0.717, 1.165) is 6.08 Å². The number of furan rings is 1. The van der Waals surface area contributed by atoms with Crippen molar-refractivity contribution in [2.75, 3.05) is 0 Å². The summed E-state index contributed by atoms with van der Waals surface area (Å²) in [5.41, 5.74) is -0.137. The first-order valence-corrected chi connectivity index (χ1v) is 3.12. The van der Waals surface area contributed by atoms with Crippen molar-refractivity contribution in [1.82, 2.24) is 0 Å². The standard InChI is InChI=1S/C8H5NO3/c9-4-3-6(8(10)11)7-2-1-5-12-7/h1-3,5H,(H,10,11). The van der Waals surface area contributed by atoms with Crippen LogP contribution in [0.25, 0.3) is 5.57 Å². The highest BCUT2D eigenvalue weighted by Gasteiger charge is 2.11. The zero-order chi connectivity index (χ0) is 8.97. The Labute approximate surface area is 68.3 Å². The van der Waals surface area contributed by atoms with Crippen LogP contribution in [-0.2, 0) is 4.79 Å². The van der Waals surface area contributed by atoms with E-state index in [9.17, 15) is 4.79 Å². The number of allylic oxidation sites excluding steroid dienone is 1. The number of nitrogens with zero attached hydrogens (tertiary/aromatic N) is 1. The summed E-state index contributed by atoms with van der Waals surface area (Å²) in [7, 11) is 0. The van der Waals surface area contributed by atoms with Gasteiger partial charge < -0.3 is 9.52 Å². The average Bonchev–Trinajstić information content (AvgIpc) is 2.51. The first-order valence-electron chi connectivity index (χ1n) is 3.12. The molecular weight excluding hydrogens is 158 g/mol. The summed E-state index contributed by atoms with van der Waals surface area (Å²) >= 11 is 0. The van der Waals surface area contributed by atoms with E-state index in [1.165, 1.54) is 12.3 Å². The van der Waals surface area contributed by atoms with Gasteiger partial charge in [-0.3, -0.25) is 0 Å². The molecule has 0 saturated carbocycles. The molecule has 1 aromatic heterocycles. The van der Waals surface area contributed by atoms with Gasteiger partial charge in [0.15, 0.2) is 0 Å². The minimum Gasteiger partial charge on any atom is -0.478 e. The molecule has 0 spiro atoms. The van der Waals surface area contributed by atoms with Crippen molar-refractivity contribution in [3.05, 3.63) is 30.2 Å². The minimum absolute atomic E-state index is 0.137. The first kappa shape index (κ1) is 8.08. The zero-order valence-corrected chi connectivity index (χ0v) is 6.02. The first-order chi connectivity index (χ1) is 5.75. The molecule has 1 N–H and O–H groups in total. The van der Waals surface area contributed by atoms with Crippen LogP contribution in [0.4, 0.5) is 0 Å². The molecule has 12 heavy (non-hydrogen) atoms. The van der Waals surface area contributed by atoms with Crippen LogP contribution in [0.5, 0.6) is 0 Å². The van der Waals surface area contributed by atoms with Gasteiger partial charge in [0, 0.05) is 6.08 Å². The largest absolute Gasteiger partial charge is 0.478 e. The second-order valence-corrected chi connectivity index (χ2v) is 1.97. The van der Waals surface area contributed by atoms with Crippen LogP contribution in [0.1, 0.15) is 5.76 Å². The van der Waals surface area contributed by atoms with Gasteiger partial charge >= 0.3 is 5.97 Å². The van der Waals surface area contributed by atoms with E-state index in [4.69, 9.17) is 14.8 Å². The Balaban J connectivity index is 3.07. The van der Waals surface area contributed by atoms with Gasteiger partial charge in [0.05, 0.1) is 12.3 Å². The van der Waals surface area contributed by atoms with E-state index in [2.05, 4.69) is 0 Å². The van der Waals surface area contributed by atoms with E-state index in [0.29, 0.717) is 0 Å². The predicted molar refractivity (Wildman–Crippen MR) is 39.9 cm³/mol. The molecule has 1 heterocycles. The predicted octanol–water partition coefficient (Wildman–Crippen LogP) is 1.27. The molecule has 0 saturated heterocycles. The Hall–Kier alpha value is -2.02. The molecule has 1 rings (SSSR count). The van der Waals surface area contributed by atoms with Crippen LogP contribution < -0.4 is 0 Å². The lowest BCUT2D eigenvalue weighted by Crippen LogP contribution is -1.97. The molecular formula is C8H5NO3. The molecule has 0 atom stereocenters. The molecule has 0 amide bonds. The maximum absolute atomic E-state index is 10.5. The third kappa shape index (κ3) is 1.52. The second kappa shape index (κ2) is 3.39. The number of aliphatic carboxylic acids is 1. The van der Waals surface area contributed by atoms with E-state index in [1.54, 1.807) is 12.1 Å². The third-order valence-corrected chi connectivity index (χ3v) is 1.23. The van der Waals surface area contributed by atoms with Crippen LogP contribution in [0.15, 0.2) is 28.9 Å². The number of rotatable bonds is 2. The Kier molecular flexibility index (Phi) is 2.29. The lowest BCUT2D eigenvalue weighted by molar-refractivity contribution is -0.130. The van der Waals surface area contributed by atoms with Gasteiger partial charge in [0.2, 0.25) is 0 Å². The van der Waals surface area contributed by atoms with Crippen LogP contribution in [0, 0.1) is 11.3 Å². The van der Waals surface area contributed by atoms with Gasteiger partial charge in [0.25, 0.3) is 0 Å². The smallest absolute Gasteiger partial charge is 0.340 e. The molecule has 60 valence electrons. The van der Waals surface area contributed by atoms with Crippen LogP contribution in [0.2, 0.25) is 0 Å². The lowest BCUT2D eigenvalue weighted by atomic mass is 10.2. The number of carbonyl (C=O) groups is 1. The molecule has 0 aromatic carbocycles. The van der Waals surface area contributed by atoms with Gasteiger partial charge in [-0.25, -0.2) is 4.79 Å². The van der Waals surface area contributed by atoms with Crippen molar-refractivity contribution in [3.63, 3.8) is 0 Å². The SMILES string of the molecule is N#CC=C(C(=O)O)c1ccco1. The summed E-state index contributed by atoms with van der Waals surface area (Å²) in [6, 6.07) is 4.68. The highest BCUT2D eigenvalue weighted by Crippen LogP contribution is 2.14. The van der Waals surface area contributed by atoms with Gasteiger partial charge in [-0.15, -0.1) is 0 Å². The summed E-state index contributed by atoms with van der Waals surface area (Å²) in [5, 5.41) is 16.8. The second-order valence-electron chi connectivity index (χ2n) is 1.97. The molecule has 4 heteroatoms. The van der Waals surface area contributed by atoms with E-state index < -0.39 is 5.97 Å². The van der Waals surface area contributed by atoms with Crippen molar-refractivity contribution in [2.45, 2.75) is 0 Å². The van der Waals surface area contributed by atoms with Gasteiger partial charge in [-0.05, 0) is 12.1 Å². The fraction of sp³-hybridized carbons (Fsp3) is 0. The quantitative estimate of drug-likeness (QED) is 0.526. The molecule has 0 bridgehead atoms. The Morgan fingerprint density at radius 2 is 2.50 bits per heavy atom. The van der Waals surface area contributed by atoms with E-state index in [-0.39, 0.29) is 11.3 Å². The summed E-state index contributed by atoms with van der Waals surface area (Å²) < 4.78 is 4.81. The van der Waals surface area contributed by atoms with Crippen LogP contribution in [-0.4, -0.2) is 11.1 Å². The molecule has 1 aromatic rings. The number of carboxylic acids is 1. The van der Waals surface area contributed by atoms with Crippen molar-refractivity contribution in [3.8, 4) is 6.07 Å². The maximum Gasteiger partial charge on any atom is 0.340 e. The third-order valence-electron chi connectivity index (χ3n) is 1.23. The van der Waals surface area contributed by atoms with Gasteiger partial charge in [-0.2, -0.15) is 5.26 Å². The molecule has 0 aliphatic rings. The van der Waals surface area contributed by atoms with E-state index in [1.807, 2.05) is 0 Å². The number of carboxylic acid groups (broad SMARTS) is 1. The molecule has 0 aliphatic heterocycles. The fourth-order valence-electron chi connectivity index (χ4n) is 0.735. The number of hydrogen-bond donors (Lipinski definition) is 1. The van der Waals surface area contributed by atoms with Crippen molar-refractivity contribution in [1.29, 1.82) is 5.26 Å². The Morgan fingerprint density at radius 3 is 2.92 bits per heavy atom. The van der Waals surface area contributed by atoms with Gasteiger partial charge in [0.1, 0.15) is 11.3 Å². The molecule has 0 unspecified atom stereocenters. The summed E-state index contributed by atoms with van der Waals surface area (Å²) in [5.74, 6) is -0.990. The summed E-state index contributed by atoms with van der Waals surface area (Å²) in [6.45, 7) is 0. The van der Waals surface area contributed by atoms with Gasteiger partial charge in [-0.1, -0.05) is 0 Å². The van der Waals surface area contributed by atoms with Crippen LogP contribution >= 0.6 is 0 Å². The zero-order valence-electron chi connectivity index (χ0n) is 6.02. The highest BCUT2D eigenvalue weighted by atomic mass is 16.4. The van der Waals surface area contributed by atoms with Crippen molar-refractivity contribution in [2.24, 2.45) is 0 Å².